The first-order chi connectivity index (χ1) is 14.6. The topological polar surface area (TPSA) is 60.0 Å². The molecule has 0 spiro atoms. The van der Waals surface area contributed by atoms with Crippen molar-refractivity contribution in [1.29, 1.82) is 0 Å². The van der Waals surface area contributed by atoms with Crippen molar-refractivity contribution in [3.8, 4) is 17.2 Å². The molecule has 1 aliphatic rings. The van der Waals surface area contributed by atoms with Gasteiger partial charge in [0.1, 0.15) is 0 Å². The number of hydrogen-bond donors (Lipinski definition) is 1. The molecule has 1 fully saturated rings. The third-order valence-corrected chi connectivity index (χ3v) is 5.82. The molecule has 3 rings (SSSR count). The standard InChI is InChI=1S/C24H32N2O4/c1-17-9-7-8-14-26(17)16-19-11-6-5-10-18(19)15-25-24(27)20-12-13-21(28-2)23(30-4)22(20)29-3/h5-6,10-13,17H,7-9,14-16H2,1-4H3,(H,25,27). The number of amides is 1. The van der Waals surface area contributed by atoms with Gasteiger partial charge in [-0.05, 0) is 49.6 Å². The molecule has 0 saturated carbocycles. The first-order valence-corrected chi connectivity index (χ1v) is 10.5. The van der Waals surface area contributed by atoms with Crippen molar-refractivity contribution >= 4 is 5.91 Å². The summed E-state index contributed by atoms with van der Waals surface area (Å²) in [5.74, 6) is 1.08. The summed E-state index contributed by atoms with van der Waals surface area (Å²) < 4.78 is 16.1. The van der Waals surface area contributed by atoms with E-state index in [0.29, 0.717) is 35.4 Å². The monoisotopic (exact) mass is 412 g/mol. The second kappa shape index (κ2) is 10.3. The van der Waals surface area contributed by atoms with Crippen LogP contribution in [0, 0.1) is 0 Å². The van der Waals surface area contributed by atoms with Crippen LogP contribution in [0.5, 0.6) is 17.2 Å². The summed E-state index contributed by atoms with van der Waals surface area (Å²) in [5, 5.41) is 3.03. The quantitative estimate of drug-likeness (QED) is 0.710. The molecule has 0 aliphatic carbocycles. The molecular formula is C24H32N2O4. The summed E-state index contributed by atoms with van der Waals surface area (Å²) in [4.78, 5) is 15.5. The molecule has 162 valence electrons. The van der Waals surface area contributed by atoms with Crippen LogP contribution in [0.15, 0.2) is 36.4 Å². The normalized spacial score (nSPS) is 16.7. The van der Waals surface area contributed by atoms with Gasteiger partial charge in [0.15, 0.2) is 11.5 Å². The number of benzene rings is 2. The second-order valence-corrected chi connectivity index (χ2v) is 7.65. The number of carbonyl (C=O) groups excluding carboxylic acids is 1. The molecule has 2 aromatic rings. The van der Waals surface area contributed by atoms with Crippen molar-refractivity contribution in [2.75, 3.05) is 27.9 Å². The van der Waals surface area contributed by atoms with Gasteiger partial charge in [0.05, 0.1) is 26.9 Å². The van der Waals surface area contributed by atoms with Crippen LogP contribution in [0.4, 0.5) is 0 Å². The number of hydrogen-bond acceptors (Lipinski definition) is 5. The van der Waals surface area contributed by atoms with E-state index in [2.05, 4.69) is 35.3 Å². The number of nitrogens with zero attached hydrogens (tertiary/aromatic N) is 1. The van der Waals surface area contributed by atoms with E-state index >= 15 is 0 Å². The maximum Gasteiger partial charge on any atom is 0.255 e. The summed E-state index contributed by atoms with van der Waals surface area (Å²) in [6.07, 6.45) is 3.81. The van der Waals surface area contributed by atoms with Crippen LogP contribution in [0.1, 0.15) is 47.7 Å². The second-order valence-electron chi connectivity index (χ2n) is 7.65. The van der Waals surface area contributed by atoms with E-state index < -0.39 is 0 Å². The van der Waals surface area contributed by atoms with E-state index in [0.717, 1.165) is 18.7 Å². The van der Waals surface area contributed by atoms with E-state index in [9.17, 15) is 4.79 Å². The van der Waals surface area contributed by atoms with Crippen LogP contribution in [0.3, 0.4) is 0 Å². The minimum Gasteiger partial charge on any atom is -0.493 e. The molecule has 6 nitrogen and oxygen atoms in total. The Morgan fingerprint density at radius 3 is 2.40 bits per heavy atom. The molecular weight excluding hydrogens is 380 g/mol. The number of piperidine rings is 1. The smallest absolute Gasteiger partial charge is 0.255 e. The number of methoxy groups -OCH3 is 3. The van der Waals surface area contributed by atoms with Crippen molar-refractivity contribution in [3.63, 3.8) is 0 Å². The van der Waals surface area contributed by atoms with Gasteiger partial charge in [-0.1, -0.05) is 30.7 Å². The fourth-order valence-corrected chi connectivity index (χ4v) is 4.05. The van der Waals surface area contributed by atoms with E-state index in [1.165, 1.54) is 39.0 Å². The average molecular weight is 413 g/mol. The van der Waals surface area contributed by atoms with Gasteiger partial charge >= 0.3 is 0 Å². The van der Waals surface area contributed by atoms with Crippen LogP contribution in [-0.2, 0) is 13.1 Å². The van der Waals surface area contributed by atoms with Crippen LogP contribution in [0.25, 0.3) is 0 Å². The molecule has 1 aliphatic heterocycles. The SMILES string of the molecule is COc1ccc(C(=O)NCc2ccccc2CN2CCCCC2C)c(OC)c1OC. The molecule has 1 amide bonds. The predicted octanol–water partition coefficient (Wildman–Crippen LogP) is 4.02. The van der Waals surface area contributed by atoms with E-state index in [1.54, 1.807) is 19.2 Å². The molecule has 0 aromatic heterocycles. The number of carbonyl (C=O) groups is 1. The number of ether oxygens (including phenoxy) is 3. The fraction of sp³-hybridized carbons (Fsp3) is 0.458. The summed E-state index contributed by atoms with van der Waals surface area (Å²) in [7, 11) is 4.60. The first-order valence-electron chi connectivity index (χ1n) is 10.5. The molecule has 30 heavy (non-hydrogen) atoms. The van der Waals surface area contributed by atoms with Gasteiger partial charge < -0.3 is 19.5 Å². The minimum atomic E-state index is -0.214. The van der Waals surface area contributed by atoms with Gasteiger partial charge in [-0.3, -0.25) is 9.69 Å². The number of likely N-dealkylation sites (tertiary alicyclic amines) is 1. The molecule has 0 bridgehead atoms. The molecule has 1 atom stereocenters. The number of rotatable bonds is 8. The van der Waals surface area contributed by atoms with Gasteiger partial charge in [-0.15, -0.1) is 0 Å². The lowest BCUT2D eigenvalue weighted by molar-refractivity contribution is 0.0946. The molecule has 1 saturated heterocycles. The average Bonchev–Trinajstić information content (AvgIpc) is 2.78. The summed E-state index contributed by atoms with van der Waals surface area (Å²) in [6, 6.07) is 12.3. The first kappa shape index (κ1) is 22.0. The highest BCUT2D eigenvalue weighted by molar-refractivity contribution is 5.98. The Balaban J connectivity index is 1.74. The Labute approximate surface area is 179 Å². The van der Waals surface area contributed by atoms with Crippen molar-refractivity contribution in [3.05, 3.63) is 53.1 Å². The maximum atomic E-state index is 12.9. The summed E-state index contributed by atoms with van der Waals surface area (Å²) >= 11 is 0. The Hall–Kier alpha value is -2.73. The predicted molar refractivity (Wildman–Crippen MR) is 117 cm³/mol. The summed E-state index contributed by atoms with van der Waals surface area (Å²) in [5.41, 5.74) is 2.80. The van der Waals surface area contributed by atoms with Crippen molar-refractivity contribution in [1.82, 2.24) is 10.2 Å². The molecule has 6 heteroatoms. The highest BCUT2D eigenvalue weighted by atomic mass is 16.5. The van der Waals surface area contributed by atoms with E-state index in [1.807, 2.05) is 6.07 Å². The zero-order chi connectivity index (χ0) is 21.5. The molecule has 0 radical (unpaired) electrons. The van der Waals surface area contributed by atoms with Gasteiger partial charge in [-0.25, -0.2) is 0 Å². The number of nitrogens with one attached hydrogen (secondary N) is 1. The highest BCUT2D eigenvalue weighted by Gasteiger charge is 2.22. The third kappa shape index (κ3) is 4.87. The van der Waals surface area contributed by atoms with Crippen molar-refractivity contribution in [2.24, 2.45) is 0 Å². The lowest BCUT2D eigenvalue weighted by Gasteiger charge is -2.33. The zero-order valence-electron chi connectivity index (χ0n) is 18.4. The van der Waals surface area contributed by atoms with Gasteiger partial charge in [0.25, 0.3) is 5.91 Å². The van der Waals surface area contributed by atoms with Crippen LogP contribution in [0.2, 0.25) is 0 Å². The van der Waals surface area contributed by atoms with Crippen molar-refractivity contribution < 1.29 is 19.0 Å². The molecule has 2 aromatic carbocycles. The van der Waals surface area contributed by atoms with E-state index in [4.69, 9.17) is 14.2 Å². The van der Waals surface area contributed by atoms with Gasteiger partial charge in [0, 0.05) is 19.1 Å². The van der Waals surface area contributed by atoms with E-state index in [-0.39, 0.29) is 5.91 Å². The maximum absolute atomic E-state index is 12.9. The Morgan fingerprint density at radius 1 is 1.00 bits per heavy atom. The van der Waals surface area contributed by atoms with Crippen LogP contribution >= 0.6 is 0 Å². The lowest BCUT2D eigenvalue weighted by atomic mass is 10.0. The molecule has 1 N–H and O–H groups in total. The fourth-order valence-electron chi connectivity index (χ4n) is 4.05. The van der Waals surface area contributed by atoms with Gasteiger partial charge in [0.2, 0.25) is 5.75 Å². The minimum absolute atomic E-state index is 0.214. The van der Waals surface area contributed by atoms with Crippen molar-refractivity contribution in [2.45, 2.75) is 45.3 Å². The molecule has 1 unspecified atom stereocenters. The van der Waals surface area contributed by atoms with Gasteiger partial charge in [-0.2, -0.15) is 0 Å². The Morgan fingerprint density at radius 2 is 1.73 bits per heavy atom. The molecule has 1 heterocycles. The van der Waals surface area contributed by atoms with Crippen LogP contribution < -0.4 is 19.5 Å². The lowest BCUT2D eigenvalue weighted by Crippen LogP contribution is -2.37. The third-order valence-electron chi connectivity index (χ3n) is 5.82. The summed E-state index contributed by atoms with van der Waals surface area (Å²) in [6.45, 7) is 4.79. The Kier molecular flexibility index (Phi) is 7.57. The highest BCUT2D eigenvalue weighted by Crippen LogP contribution is 2.39. The Bertz CT molecular complexity index is 868. The van der Waals surface area contributed by atoms with Crippen LogP contribution in [-0.4, -0.2) is 44.7 Å². The zero-order valence-corrected chi connectivity index (χ0v) is 18.4. The largest absolute Gasteiger partial charge is 0.493 e.